The Bertz CT molecular complexity index is 465. The minimum atomic E-state index is -0.408. The van der Waals surface area contributed by atoms with Gasteiger partial charge in [0.15, 0.2) is 0 Å². The van der Waals surface area contributed by atoms with E-state index in [0.29, 0.717) is 12.2 Å². The van der Waals surface area contributed by atoms with Crippen molar-refractivity contribution in [2.45, 2.75) is 5.54 Å². The molecule has 0 spiro atoms. The van der Waals surface area contributed by atoms with E-state index in [1.807, 2.05) is 18.2 Å². The topological polar surface area (TPSA) is 24.5 Å². The molecule has 2 saturated heterocycles. The van der Waals surface area contributed by atoms with E-state index in [9.17, 15) is 4.39 Å². The van der Waals surface area contributed by atoms with Gasteiger partial charge < -0.3 is 4.84 Å². The van der Waals surface area contributed by atoms with Crippen molar-refractivity contribution in [1.29, 1.82) is 0 Å². The van der Waals surface area contributed by atoms with Crippen LogP contribution in [0.25, 0.3) is 0 Å². The molecule has 1 N–H and O–H groups in total. The maximum atomic E-state index is 14.1. The quantitative estimate of drug-likeness (QED) is 0.824. The van der Waals surface area contributed by atoms with Gasteiger partial charge in [0.25, 0.3) is 0 Å². The molecular weight excluding hydrogens is 231 g/mol. The van der Waals surface area contributed by atoms with Crippen molar-refractivity contribution in [2.24, 2.45) is 5.92 Å². The summed E-state index contributed by atoms with van der Waals surface area (Å²) in [6, 6.07) is 6.95. The highest BCUT2D eigenvalue weighted by Crippen LogP contribution is 2.41. The number of hydrogen-bond donors (Lipinski definition) is 1. The van der Waals surface area contributed by atoms with Crippen LogP contribution in [0.5, 0.6) is 0 Å². The van der Waals surface area contributed by atoms with Crippen molar-refractivity contribution >= 4 is 0 Å². The van der Waals surface area contributed by atoms with E-state index in [1.165, 1.54) is 6.07 Å². The van der Waals surface area contributed by atoms with Crippen LogP contribution in [0.2, 0.25) is 0 Å². The van der Waals surface area contributed by atoms with Crippen molar-refractivity contribution in [1.82, 2.24) is 10.4 Å². The predicted molar refractivity (Wildman–Crippen MR) is 67.3 cm³/mol. The lowest BCUT2D eigenvalue weighted by molar-refractivity contribution is 0.0480. The lowest BCUT2D eigenvalue weighted by atomic mass is 9.82. The van der Waals surface area contributed by atoms with Crippen LogP contribution in [-0.4, -0.2) is 31.1 Å². The van der Waals surface area contributed by atoms with Crippen LogP contribution in [0.1, 0.15) is 5.56 Å². The number of nitrogens with one attached hydrogen (secondary N) is 1. The van der Waals surface area contributed by atoms with Gasteiger partial charge in [-0.3, -0.25) is 4.90 Å². The van der Waals surface area contributed by atoms with Crippen molar-refractivity contribution in [2.75, 3.05) is 26.2 Å². The summed E-state index contributed by atoms with van der Waals surface area (Å²) in [7, 11) is 0. The zero-order chi connectivity index (χ0) is 12.6. The molecule has 0 bridgehead atoms. The Morgan fingerprint density at radius 3 is 3.17 bits per heavy atom. The van der Waals surface area contributed by atoms with E-state index in [-0.39, 0.29) is 11.7 Å². The molecule has 2 heterocycles. The summed E-state index contributed by atoms with van der Waals surface area (Å²) in [5.74, 6) is 0.121. The van der Waals surface area contributed by atoms with Gasteiger partial charge in [0.2, 0.25) is 0 Å². The maximum Gasteiger partial charge on any atom is 0.128 e. The van der Waals surface area contributed by atoms with Crippen LogP contribution >= 0.6 is 0 Å². The molecule has 96 valence electrons. The largest absolute Gasteiger partial charge is 0.300 e. The molecule has 0 saturated carbocycles. The summed E-state index contributed by atoms with van der Waals surface area (Å²) in [6.07, 6.45) is 1.89. The average Bonchev–Trinajstić information content (AvgIpc) is 2.87. The standard InChI is InChI=1S/C14H17FN2O/c1-2-7-17-8-11-9-18-16-14(11,10-17)12-5-3-4-6-13(12)15/h2-6,11,16H,1,7-10H2. The summed E-state index contributed by atoms with van der Waals surface area (Å²) in [5, 5.41) is 0. The summed E-state index contributed by atoms with van der Waals surface area (Å²) in [5.41, 5.74) is 3.36. The second-order valence-electron chi connectivity index (χ2n) is 5.04. The minimum Gasteiger partial charge on any atom is -0.300 e. The van der Waals surface area contributed by atoms with Crippen LogP contribution in [0.4, 0.5) is 4.39 Å². The summed E-state index contributed by atoms with van der Waals surface area (Å²) in [6.45, 7) is 6.88. The molecule has 18 heavy (non-hydrogen) atoms. The highest BCUT2D eigenvalue weighted by Gasteiger charge is 2.52. The third-order valence-corrected chi connectivity index (χ3v) is 3.93. The first kappa shape index (κ1) is 11.8. The SMILES string of the molecule is C=CCN1CC2CONC2(c2ccccc2F)C1. The van der Waals surface area contributed by atoms with Gasteiger partial charge in [0.1, 0.15) is 5.82 Å². The van der Waals surface area contributed by atoms with Crippen LogP contribution in [0, 0.1) is 11.7 Å². The first-order valence-corrected chi connectivity index (χ1v) is 6.23. The van der Waals surface area contributed by atoms with Crippen molar-refractivity contribution in [3.8, 4) is 0 Å². The third-order valence-electron chi connectivity index (χ3n) is 3.93. The number of likely N-dealkylation sites (tertiary alicyclic amines) is 1. The Kier molecular flexibility index (Phi) is 2.93. The van der Waals surface area contributed by atoms with E-state index in [2.05, 4.69) is 17.0 Å². The Morgan fingerprint density at radius 2 is 2.39 bits per heavy atom. The number of halogens is 1. The molecular formula is C14H17FN2O. The zero-order valence-electron chi connectivity index (χ0n) is 10.2. The van der Waals surface area contributed by atoms with Crippen LogP contribution < -0.4 is 5.48 Å². The first-order chi connectivity index (χ1) is 8.76. The minimum absolute atomic E-state index is 0.166. The Hall–Kier alpha value is -1.23. The lowest BCUT2D eigenvalue weighted by Gasteiger charge is -2.28. The smallest absolute Gasteiger partial charge is 0.128 e. The van der Waals surface area contributed by atoms with Crippen LogP contribution in [-0.2, 0) is 10.4 Å². The third kappa shape index (κ3) is 1.68. The van der Waals surface area contributed by atoms with Crippen molar-refractivity contribution in [3.63, 3.8) is 0 Å². The molecule has 2 aliphatic rings. The first-order valence-electron chi connectivity index (χ1n) is 6.23. The van der Waals surface area contributed by atoms with Gasteiger partial charge in [0.05, 0.1) is 12.1 Å². The second kappa shape index (κ2) is 4.46. The van der Waals surface area contributed by atoms with Gasteiger partial charge >= 0.3 is 0 Å². The second-order valence-corrected chi connectivity index (χ2v) is 5.04. The van der Waals surface area contributed by atoms with Gasteiger partial charge in [-0.25, -0.2) is 4.39 Å². The molecule has 2 fully saturated rings. The lowest BCUT2D eigenvalue weighted by Crippen LogP contribution is -2.43. The Balaban J connectivity index is 1.97. The normalized spacial score (nSPS) is 31.5. The van der Waals surface area contributed by atoms with E-state index >= 15 is 0 Å². The molecule has 3 nitrogen and oxygen atoms in total. The molecule has 4 heteroatoms. The highest BCUT2D eigenvalue weighted by molar-refractivity contribution is 5.30. The van der Waals surface area contributed by atoms with Gasteiger partial charge in [0, 0.05) is 31.1 Å². The van der Waals surface area contributed by atoms with Crippen molar-refractivity contribution < 1.29 is 9.23 Å². The maximum absolute atomic E-state index is 14.1. The molecule has 0 aromatic heterocycles. The summed E-state index contributed by atoms with van der Waals surface area (Å²) in [4.78, 5) is 7.66. The number of fused-ring (bicyclic) bond motifs is 1. The Labute approximate surface area is 106 Å². The van der Waals surface area contributed by atoms with Gasteiger partial charge in [-0.05, 0) is 6.07 Å². The zero-order valence-corrected chi connectivity index (χ0v) is 10.2. The highest BCUT2D eigenvalue weighted by atomic mass is 19.1. The molecule has 0 radical (unpaired) electrons. The number of hydrogen-bond acceptors (Lipinski definition) is 3. The molecule has 0 amide bonds. The van der Waals surface area contributed by atoms with E-state index in [0.717, 1.165) is 19.6 Å². The molecule has 3 rings (SSSR count). The molecule has 0 aliphatic carbocycles. The molecule has 2 atom stereocenters. The average molecular weight is 248 g/mol. The molecule has 2 aliphatic heterocycles. The number of rotatable bonds is 3. The Morgan fingerprint density at radius 1 is 1.56 bits per heavy atom. The number of nitrogens with zero attached hydrogens (tertiary/aromatic N) is 1. The fourth-order valence-electron chi connectivity index (χ4n) is 3.10. The summed E-state index contributed by atoms with van der Waals surface area (Å²) < 4.78 is 14.1. The van der Waals surface area contributed by atoms with E-state index in [1.54, 1.807) is 6.07 Å². The van der Waals surface area contributed by atoms with E-state index < -0.39 is 5.54 Å². The molecule has 2 unspecified atom stereocenters. The fourth-order valence-corrected chi connectivity index (χ4v) is 3.10. The monoisotopic (exact) mass is 248 g/mol. The van der Waals surface area contributed by atoms with Gasteiger partial charge in [-0.1, -0.05) is 24.3 Å². The number of hydroxylamine groups is 1. The fraction of sp³-hybridized carbons (Fsp3) is 0.429. The molecule has 1 aromatic rings. The van der Waals surface area contributed by atoms with E-state index in [4.69, 9.17) is 4.84 Å². The van der Waals surface area contributed by atoms with Gasteiger partial charge in [-0.15, -0.1) is 6.58 Å². The molecule has 1 aromatic carbocycles. The van der Waals surface area contributed by atoms with Crippen LogP contribution in [0.3, 0.4) is 0 Å². The van der Waals surface area contributed by atoms with Crippen LogP contribution in [0.15, 0.2) is 36.9 Å². The summed E-state index contributed by atoms with van der Waals surface area (Å²) >= 11 is 0. The van der Waals surface area contributed by atoms with Crippen molar-refractivity contribution in [3.05, 3.63) is 48.3 Å². The number of benzene rings is 1. The predicted octanol–water partition coefficient (Wildman–Crippen LogP) is 1.67. The van der Waals surface area contributed by atoms with Gasteiger partial charge in [-0.2, -0.15) is 5.48 Å².